The highest BCUT2D eigenvalue weighted by Gasteiger charge is 2.13. The van der Waals surface area contributed by atoms with E-state index in [1.807, 2.05) is 6.07 Å². The number of nitrogens with two attached hydrogens (primary N) is 1. The molecule has 1 rings (SSSR count). The Bertz CT molecular complexity index is 417. The topological polar surface area (TPSA) is 60.2 Å². The van der Waals surface area contributed by atoms with Gasteiger partial charge in [-0.05, 0) is 27.6 Å². The predicted octanol–water partition coefficient (Wildman–Crippen LogP) is 1.99. The Labute approximate surface area is 93.6 Å². The maximum Gasteiger partial charge on any atom is 0.239 e. The highest BCUT2D eigenvalue weighted by Crippen LogP contribution is 2.26. The normalized spacial score (nSPS) is 11.6. The molecule has 0 fully saturated rings. The molecule has 0 aliphatic heterocycles. The highest BCUT2D eigenvalue weighted by molar-refractivity contribution is 9.10. The number of alkyl halides is 1. The largest absolute Gasteiger partial charge is 0.239 e. The van der Waals surface area contributed by atoms with Crippen molar-refractivity contribution >= 4 is 41.9 Å². The standard InChI is InChI=1S/C7H7Br2NO2S/c8-4-5-2-1-3-6(7(5)9)13(10,11)12/h1-3H,4H2,(H2,10,11,12). The smallest absolute Gasteiger partial charge is 0.225 e. The summed E-state index contributed by atoms with van der Waals surface area (Å²) in [4.78, 5) is 0.115. The summed E-state index contributed by atoms with van der Waals surface area (Å²) in [6.07, 6.45) is 0. The lowest BCUT2D eigenvalue weighted by molar-refractivity contribution is 0.597. The van der Waals surface area contributed by atoms with E-state index in [0.717, 1.165) is 5.56 Å². The summed E-state index contributed by atoms with van der Waals surface area (Å²) in [7, 11) is -3.63. The summed E-state index contributed by atoms with van der Waals surface area (Å²) in [6, 6.07) is 4.93. The Kier molecular flexibility index (Phi) is 3.50. The third kappa shape index (κ3) is 2.52. The SMILES string of the molecule is NS(=O)(=O)c1cccc(CBr)c1Br. The van der Waals surface area contributed by atoms with Crippen molar-refractivity contribution in [3.8, 4) is 0 Å². The van der Waals surface area contributed by atoms with Gasteiger partial charge in [-0.15, -0.1) is 0 Å². The Morgan fingerprint density at radius 2 is 2.00 bits per heavy atom. The summed E-state index contributed by atoms with van der Waals surface area (Å²) >= 11 is 6.43. The van der Waals surface area contributed by atoms with Crippen molar-refractivity contribution in [2.24, 2.45) is 5.14 Å². The van der Waals surface area contributed by atoms with Gasteiger partial charge in [-0.1, -0.05) is 28.1 Å². The first-order chi connectivity index (χ1) is 5.96. The molecular formula is C7H7Br2NO2S. The Morgan fingerprint density at radius 1 is 1.38 bits per heavy atom. The molecule has 0 unspecified atom stereocenters. The van der Waals surface area contributed by atoms with Crippen LogP contribution < -0.4 is 5.14 Å². The van der Waals surface area contributed by atoms with Gasteiger partial charge in [-0.2, -0.15) is 0 Å². The minimum atomic E-state index is -3.63. The molecule has 0 bridgehead atoms. The first kappa shape index (κ1) is 11.2. The summed E-state index contributed by atoms with van der Waals surface area (Å²) in [6.45, 7) is 0. The minimum Gasteiger partial charge on any atom is -0.225 e. The zero-order valence-corrected chi connectivity index (χ0v) is 10.5. The molecule has 0 saturated carbocycles. The Hall–Kier alpha value is 0.0900. The molecule has 3 nitrogen and oxygen atoms in total. The van der Waals surface area contributed by atoms with Gasteiger partial charge in [0.05, 0.1) is 4.90 Å². The zero-order chi connectivity index (χ0) is 10.1. The fourth-order valence-electron chi connectivity index (χ4n) is 0.879. The van der Waals surface area contributed by atoms with Gasteiger partial charge >= 0.3 is 0 Å². The summed E-state index contributed by atoms with van der Waals surface area (Å²) in [5.41, 5.74) is 0.853. The molecule has 0 saturated heterocycles. The number of benzene rings is 1. The second-order valence-electron chi connectivity index (χ2n) is 2.41. The van der Waals surface area contributed by atoms with E-state index in [-0.39, 0.29) is 4.90 Å². The van der Waals surface area contributed by atoms with E-state index < -0.39 is 10.0 Å². The van der Waals surface area contributed by atoms with E-state index >= 15 is 0 Å². The number of sulfonamides is 1. The molecule has 0 aliphatic carbocycles. The van der Waals surface area contributed by atoms with Crippen LogP contribution in [0.3, 0.4) is 0 Å². The minimum absolute atomic E-state index is 0.115. The quantitative estimate of drug-likeness (QED) is 0.844. The lowest BCUT2D eigenvalue weighted by atomic mass is 10.2. The van der Waals surface area contributed by atoms with E-state index in [9.17, 15) is 8.42 Å². The van der Waals surface area contributed by atoms with E-state index in [4.69, 9.17) is 5.14 Å². The van der Waals surface area contributed by atoms with Gasteiger partial charge in [0.1, 0.15) is 0 Å². The van der Waals surface area contributed by atoms with Crippen LogP contribution in [0.25, 0.3) is 0 Å². The van der Waals surface area contributed by atoms with E-state index in [1.165, 1.54) is 6.07 Å². The number of hydrogen-bond acceptors (Lipinski definition) is 2. The molecule has 0 aliphatic rings. The summed E-state index contributed by atoms with van der Waals surface area (Å²) in [5.74, 6) is 0. The second-order valence-corrected chi connectivity index (χ2v) is 5.29. The maximum atomic E-state index is 11.1. The summed E-state index contributed by atoms with van der Waals surface area (Å²) < 4.78 is 22.6. The number of halogens is 2. The average Bonchev–Trinajstić information content (AvgIpc) is 2.02. The third-order valence-electron chi connectivity index (χ3n) is 1.49. The van der Waals surface area contributed by atoms with Crippen LogP contribution in [0.4, 0.5) is 0 Å². The average molecular weight is 329 g/mol. The van der Waals surface area contributed by atoms with Crippen LogP contribution in [0.5, 0.6) is 0 Å². The number of primary sulfonamides is 1. The van der Waals surface area contributed by atoms with Gasteiger partial charge in [0.15, 0.2) is 0 Å². The molecular weight excluding hydrogens is 322 g/mol. The van der Waals surface area contributed by atoms with Gasteiger partial charge in [-0.3, -0.25) is 0 Å². The molecule has 0 amide bonds. The van der Waals surface area contributed by atoms with Crippen molar-refractivity contribution in [3.63, 3.8) is 0 Å². The third-order valence-corrected chi connectivity index (χ3v) is 4.25. The van der Waals surface area contributed by atoms with Gasteiger partial charge in [0, 0.05) is 9.80 Å². The molecule has 6 heteroatoms. The first-order valence-corrected chi connectivity index (χ1v) is 6.79. The number of hydrogen-bond donors (Lipinski definition) is 1. The summed E-state index contributed by atoms with van der Waals surface area (Å²) in [5, 5.41) is 5.59. The molecule has 0 spiro atoms. The maximum absolute atomic E-state index is 11.1. The van der Waals surface area contributed by atoms with Crippen molar-refractivity contribution in [1.82, 2.24) is 0 Å². The van der Waals surface area contributed by atoms with Gasteiger partial charge < -0.3 is 0 Å². The van der Waals surface area contributed by atoms with Crippen LogP contribution >= 0.6 is 31.9 Å². The van der Waals surface area contributed by atoms with E-state index in [2.05, 4.69) is 31.9 Å². The Balaban J connectivity index is 3.41. The number of rotatable bonds is 2. The van der Waals surface area contributed by atoms with Gasteiger partial charge in [0.25, 0.3) is 0 Å². The van der Waals surface area contributed by atoms with Crippen LogP contribution in [0.2, 0.25) is 0 Å². The van der Waals surface area contributed by atoms with Crippen molar-refractivity contribution in [2.75, 3.05) is 0 Å². The molecule has 0 heterocycles. The second kappa shape index (κ2) is 4.08. The van der Waals surface area contributed by atoms with Crippen molar-refractivity contribution in [1.29, 1.82) is 0 Å². The van der Waals surface area contributed by atoms with Crippen LogP contribution in [0.15, 0.2) is 27.6 Å². The highest BCUT2D eigenvalue weighted by atomic mass is 79.9. The molecule has 0 atom stereocenters. The van der Waals surface area contributed by atoms with Crippen LogP contribution in [-0.4, -0.2) is 8.42 Å². The fraction of sp³-hybridized carbons (Fsp3) is 0.143. The van der Waals surface area contributed by atoms with E-state index in [0.29, 0.717) is 9.80 Å². The zero-order valence-electron chi connectivity index (χ0n) is 6.50. The molecule has 72 valence electrons. The van der Waals surface area contributed by atoms with E-state index in [1.54, 1.807) is 6.07 Å². The van der Waals surface area contributed by atoms with Crippen LogP contribution in [-0.2, 0) is 15.4 Å². The molecule has 13 heavy (non-hydrogen) atoms. The fourth-order valence-corrected chi connectivity index (χ4v) is 3.45. The lowest BCUT2D eigenvalue weighted by Crippen LogP contribution is -2.13. The van der Waals surface area contributed by atoms with Crippen LogP contribution in [0, 0.1) is 0 Å². The van der Waals surface area contributed by atoms with Crippen LogP contribution in [0.1, 0.15) is 5.56 Å². The van der Waals surface area contributed by atoms with Gasteiger partial charge in [-0.25, -0.2) is 13.6 Å². The first-order valence-electron chi connectivity index (χ1n) is 3.33. The van der Waals surface area contributed by atoms with Gasteiger partial charge in [0.2, 0.25) is 10.0 Å². The van der Waals surface area contributed by atoms with Crippen molar-refractivity contribution in [2.45, 2.75) is 10.2 Å². The molecule has 0 aromatic heterocycles. The Morgan fingerprint density at radius 3 is 2.46 bits per heavy atom. The molecule has 1 aromatic carbocycles. The van der Waals surface area contributed by atoms with Crippen molar-refractivity contribution < 1.29 is 8.42 Å². The molecule has 2 N–H and O–H groups in total. The molecule has 1 aromatic rings. The van der Waals surface area contributed by atoms with Crippen molar-refractivity contribution in [3.05, 3.63) is 28.2 Å². The molecule has 0 radical (unpaired) electrons. The lowest BCUT2D eigenvalue weighted by Gasteiger charge is -2.04. The monoisotopic (exact) mass is 327 g/mol. The predicted molar refractivity (Wildman–Crippen MR) is 58.1 cm³/mol.